The predicted molar refractivity (Wildman–Crippen MR) is 116 cm³/mol. The average Bonchev–Trinajstić information content (AvgIpc) is 2.67. The Morgan fingerprint density at radius 2 is 1.45 bits per heavy atom. The van der Waals surface area contributed by atoms with Gasteiger partial charge in [-0.25, -0.2) is 0 Å². The van der Waals surface area contributed by atoms with E-state index in [2.05, 4.69) is 0 Å². The minimum atomic E-state index is -0.0970. The van der Waals surface area contributed by atoms with Gasteiger partial charge in [0.2, 0.25) is 5.91 Å². The van der Waals surface area contributed by atoms with Gasteiger partial charge in [-0.1, -0.05) is 46.9 Å². The van der Waals surface area contributed by atoms with Gasteiger partial charge in [-0.05, 0) is 48.0 Å². The van der Waals surface area contributed by atoms with Gasteiger partial charge in [-0.15, -0.1) is 0 Å². The van der Waals surface area contributed by atoms with E-state index in [0.29, 0.717) is 32.9 Å². The van der Waals surface area contributed by atoms with Crippen LogP contribution in [0.15, 0.2) is 60.7 Å². The zero-order valence-corrected chi connectivity index (χ0v) is 17.8. The van der Waals surface area contributed by atoms with Crippen molar-refractivity contribution in [2.75, 3.05) is 0 Å². The van der Waals surface area contributed by atoms with E-state index in [-0.39, 0.29) is 24.0 Å². The maximum absolute atomic E-state index is 12.2. The SMILES string of the molecule is CC(=O)N(Cc1ccc(Cl)cc1)Cc1cc(Cl)ccc1Oc1ccc(Cl)cc1O. The molecule has 3 aromatic rings. The van der Waals surface area contributed by atoms with Crippen LogP contribution in [0.1, 0.15) is 18.1 Å². The van der Waals surface area contributed by atoms with Crippen molar-refractivity contribution in [1.29, 1.82) is 0 Å². The zero-order valence-electron chi connectivity index (χ0n) is 15.5. The van der Waals surface area contributed by atoms with Gasteiger partial charge in [-0.2, -0.15) is 0 Å². The maximum atomic E-state index is 12.2. The van der Waals surface area contributed by atoms with Crippen molar-refractivity contribution in [3.05, 3.63) is 86.9 Å². The first-order chi connectivity index (χ1) is 13.8. The molecule has 0 spiro atoms. The van der Waals surface area contributed by atoms with Crippen LogP contribution in [0.5, 0.6) is 17.2 Å². The maximum Gasteiger partial charge on any atom is 0.220 e. The quantitative estimate of drug-likeness (QED) is 0.455. The Morgan fingerprint density at radius 3 is 2.07 bits per heavy atom. The lowest BCUT2D eigenvalue weighted by Gasteiger charge is -2.23. The molecule has 3 rings (SSSR count). The van der Waals surface area contributed by atoms with Crippen LogP contribution in [0.2, 0.25) is 15.1 Å². The van der Waals surface area contributed by atoms with E-state index in [9.17, 15) is 9.90 Å². The molecule has 0 heterocycles. The molecule has 0 unspecified atom stereocenters. The van der Waals surface area contributed by atoms with E-state index >= 15 is 0 Å². The van der Waals surface area contributed by atoms with E-state index in [1.54, 1.807) is 47.4 Å². The summed E-state index contributed by atoms with van der Waals surface area (Å²) < 4.78 is 5.87. The average molecular weight is 451 g/mol. The molecule has 0 radical (unpaired) electrons. The fourth-order valence-electron chi connectivity index (χ4n) is 2.76. The number of hydrogen-bond donors (Lipinski definition) is 1. The molecule has 0 saturated heterocycles. The van der Waals surface area contributed by atoms with E-state index in [1.807, 2.05) is 12.1 Å². The molecular formula is C22H18Cl3NO3. The summed E-state index contributed by atoms with van der Waals surface area (Å²) in [5, 5.41) is 11.6. The predicted octanol–water partition coefficient (Wildman–Crippen LogP) is 6.69. The highest BCUT2D eigenvalue weighted by molar-refractivity contribution is 6.31. The third-order valence-corrected chi connectivity index (χ3v) is 4.98. The second-order valence-corrected chi connectivity index (χ2v) is 7.78. The number of nitrogens with zero attached hydrogens (tertiary/aromatic N) is 1. The molecular weight excluding hydrogens is 433 g/mol. The highest BCUT2D eigenvalue weighted by Crippen LogP contribution is 2.35. The lowest BCUT2D eigenvalue weighted by Crippen LogP contribution is -2.27. The number of hydrogen-bond acceptors (Lipinski definition) is 3. The number of aromatic hydroxyl groups is 1. The van der Waals surface area contributed by atoms with Crippen molar-refractivity contribution in [2.45, 2.75) is 20.0 Å². The molecule has 0 aliphatic heterocycles. The molecule has 0 aliphatic rings. The Balaban J connectivity index is 1.86. The van der Waals surface area contributed by atoms with Crippen molar-refractivity contribution >= 4 is 40.7 Å². The molecule has 0 bridgehead atoms. The van der Waals surface area contributed by atoms with E-state index < -0.39 is 0 Å². The standard InChI is InChI=1S/C22H18Cl3NO3/c1-14(27)26(12-15-2-4-17(23)5-3-15)13-16-10-18(24)6-8-21(16)29-22-9-7-19(25)11-20(22)28/h2-11,28H,12-13H2,1H3. The van der Waals surface area contributed by atoms with Crippen molar-refractivity contribution in [3.8, 4) is 17.2 Å². The van der Waals surface area contributed by atoms with Crippen LogP contribution in [0.25, 0.3) is 0 Å². The Morgan fingerprint density at radius 1 is 0.862 bits per heavy atom. The van der Waals surface area contributed by atoms with Gasteiger partial charge in [0.15, 0.2) is 11.5 Å². The van der Waals surface area contributed by atoms with Crippen LogP contribution >= 0.6 is 34.8 Å². The third-order valence-electron chi connectivity index (χ3n) is 4.26. The van der Waals surface area contributed by atoms with Gasteiger partial charge in [0.25, 0.3) is 0 Å². The second-order valence-electron chi connectivity index (χ2n) is 6.47. The topological polar surface area (TPSA) is 49.8 Å². The van der Waals surface area contributed by atoms with Gasteiger partial charge in [0.1, 0.15) is 5.75 Å². The number of carbonyl (C=O) groups is 1. The summed E-state index contributed by atoms with van der Waals surface area (Å²) in [6, 6.07) is 17.0. The number of phenolic OH excluding ortho intramolecular Hbond substituents is 1. The third kappa shape index (κ3) is 5.80. The van der Waals surface area contributed by atoms with Gasteiger partial charge in [0.05, 0.1) is 0 Å². The normalized spacial score (nSPS) is 10.6. The molecule has 4 nitrogen and oxygen atoms in total. The highest BCUT2D eigenvalue weighted by Gasteiger charge is 2.16. The molecule has 0 atom stereocenters. The van der Waals surface area contributed by atoms with Gasteiger partial charge in [-0.3, -0.25) is 4.79 Å². The minimum absolute atomic E-state index is 0.0806. The lowest BCUT2D eigenvalue weighted by atomic mass is 10.1. The Hall–Kier alpha value is -2.40. The fourth-order valence-corrected chi connectivity index (χ4v) is 3.25. The summed E-state index contributed by atoms with van der Waals surface area (Å²) >= 11 is 18.0. The Labute approximate surface area is 184 Å². The number of phenols is 1. The number of rotatable bonds is 6. The zero-order chi connectivity index (χ0) is 21.0. The Kier molecular flexibility index (Phi) is 6.91. The first-order valence-corrected chi connectivity index (χ1v) is 9.90. The first-order valence-electron chi connectivity index (χ1n) is 8.76. The summed E-state index contributed by atoms with van der Waals surface area (Å²) in [7, 11) is 0. The highest BCUT2D eigenvalue weighted by atomic mass is 35.5. The number of ether oxygens (including phenoxy) is 1. The number of amides is 1. The molecule has 1 N–H and O–H groups in total. The summed E-state index contributed by atoms with van der Waals surface area (Å²) in [5.74, 6) is 0.558. The van der Waals surface area contributed by atoms with Crippen molar-refractivity contribution in [2.24, 2.45) is 0 Å². The number of benzene rings is 3. The smallest absolute Gasteiger partial charge is 0.220 e. The molecule has 150 valence electrons. The van der Waals surface area contributed by atoms with Gasteiger partial charge < -0.3 is 14.7 Å². The van der Waals surface area contributed by atoms with E-state index in [1.165, 1.54) is 13.0 Å². The van der Waals surface area contributed by atoms with Crippen molar-refractivity contribution in [1.82, 2.24) is 4.90 Å². The monoisotopic (exact) mass is 449 g/mol. The number of carbonyl (C=O) groups excluding carboxylic acids is 1. The largest absolute Gasteiger partial charge is 0.504 e. The minimum Gasteiger partial charge on any atom is -0.504 e. The molecule has 0 fully saturated rings. The summed E-state index contributed by atoms with van der Waals surface area (Å²) in [6.45, 7) is 2.19. The van der Waals surface area contributed by atoms with Crippen LogP contribution in [0.4, 0.5) is 0 Å². The molecule has 3 aromatic carbocycles. The molecule has 0 aromatic heterocycles. The van der Waals surface area contributed by atoms with Gasteiger partial charge >= 0.3 is 0 Å². The summed E-state index contributed by atoms with van der Waals surface area (Å²) in [5.41, 5.74) is 1.65. The van der Waals surface area contributed by atoms with E-state index in [0.717, 1.165) is 5.56 Å². The Bertz CT molecular complexity index is 1020. The molecule has 1 amide bonds. The van der Waals surface area contributed by atoms with Crippen LogP contribution in [-0.4, -0.2) is 15.9 Å². The molecule has 0 saturated carbocycles. The second kappa shape index (κ2) is 9.40. The van der Waals surface area contributed by atoms with Crippen molar-refractivity contribution < 1.29 is 14.6 Å². The van der Waals surface area contributed by atoms with Gasteiger partial charge in [0, 0.05) is 46.7 Å². The fraction of sp³-hybridized carbons (Fsp3) is 0.136. The summed E-state index contributed by atoms with van der Waals surface area (Å²) in [6.07, 6.45) is 0. The van der Waals surface area contributed by atoms with Crippen LogP contribution in [0, 0.1) is 0 Å². The molecule has 0 aliphatic carbocycles. The van der Waals surface area contributed by atoms with Crippen LogP contribution < -0.4 is 4.74 Å². The summed E-state index contributed by atoms with van der Waals surface area (Å²) in [4.78, 5) is 13.9. The number of halogens is 3. The first kappa shape index (κ1) is 21.3. The molecule has 29 heavy (non-hydrogen) atoms. The lowest BCUT2D eigenvalue weighted by molar-refractivity contribution is -0.130. The van der Waals surface area contributed by atoms with Crippen molar-refractivity contribution in [3.63, 3.8) is 0 Å². The van der Waals surface area contributed by atoms with Crippen LogP contribution in [0.3, 0.4) is 0 Å². The van der Waals surface area contributed by atoms with E-state index in [4.69, 9.17) is 39.5 Å². The van der Waals surface area contributed by atoms with Crippen LogP contribution in [-0.2, 0) is 17.9 Å². The molecule has 7 heteroatoms.